The van der Waals surface area contributed by atoms with Crippen LogP contribution in [0.5, 0.6) is 0 Å². The van der Waals surface area contributed by atoms with Gasteiger partial charge < -0.3 is 14.9 Å². The zero-order chi connectivity index (χ0) is 21.0. The van der Waals surface area contributed by atoms with Crippen molar-refractivity contribution < 1.29 is 19.1 Å². The number of carboxylic acids is 1. The van der Waals surface area contributed by atoms with Crippen LogP contribution in [-0.4, -0.2) is 60.0 Å². The Labute approximate surface area is 170 Å². The van der Waals surface area contributed by atoms with Crippen molar-refractivity contribution in [2.75, 3.05) is 27.2 Å². The van der Waals surface area contributed by atoms with E-state index in [0.717, 1.165) is 12.0 Å². The molecule has 1 aliphatic heterocycles. The van der Waals surface area contributed by atoms with Crippen molar-refractivity contribution in [1.82, 2.24) is 9.80 Å². The smallest absolute Gasteiger partial charge is 0.303 e. The molecule has 2 aromatic rings. The lowest BCUT2D eigenvalue weighted by atomic mass is 9.87. The first kappa shape index (κ1) is 21.0. The lowest BCUT2D eigenvalue weighted by Crippen LogP contribution is -2.50. The Hall–Kier alpha value is -2.73. The number of hydrogen-bond acceptors (Lipinski definition) is 3. The maximum absolute atomic E-state index is 14.0. The normalized spacial score (nSPS) is 19.4. The van der Waals surface area contributed by atoms with Crippen LogP contribution in [0.2, 0.25) is 0 Å². The van der Waals surface area contributed by atoms with E-state index in [1.54, 1.807) is 42.5 Å². The molecule has 29 heavy (non-hydrogen) atoms. The zero-order valence-corrected chi connectivity index (χ0v) is 16.8. The maximum atomic E-state index is 14.0. The van der Waals surface area contributed by atoms with Crippen LogP contribution in [0.4, 0.5) is 4.39 Å². The highest BCUT2D eigenvalue weighted by atomic mass is 19.1. The molecule has 1 N–H and O–H groups in total. The van der Waals surface area contributed by atoms with Crippen LogP contribution in [0.25, 0.3) is 11.1 Å². The molecule has 1 fully saturated rings. The summed E-state index contributed by atoms with van der Waals surface area (Å²) in [5.41, 5.74) is 1.79. The minimum Gasteiger partial charge on any atom is -0.481 e. The third-order valence-electron chi connectivity index (χ3n) is 5.69. The van der Waals surface area contributed by atoms with Gasteiger partial charge in [0.2, 0.25) is 0 Å². The van der Waals surface area contributed by atoms with Crippen LogP contribution in [0.1, 0.15) is 29.6 Å². The van der Waals surface area contributed by atoms with E-state index in [2.05, 4.69) is 4.90 Å². The zero-order valence-electron chi connectivity index (χ0n) is 16.8. The van der Waals surface area contributed by atoms with Gasteiger partial charge in [0.25, 0.3) is 5.91 Å². The highest BCUT2D eigenvalue weighted by Gasteiger charge is 2.33. The fourth-order valence-corrected chi connectivity index (χ4v) is 4.15. The highest BCUT2D eigenvalue weighted by molar-refractivity contribution is 5.94. The molecule has 154 valence electrons. The predicted molar refractivity (Wildman–Crippen MR) is 110 cm³/mol. The quantitative estimate of drug-likeness (QED) is 0.805. The summed E-state index contributed by atoms with van der Waals surface area (Å²) in [5.74, 6) is -1.05. The molecule has 0 bridgehead atoms. The summed E-state index contributed by atoms with van der Waals surface area (Å²) in [5, 5.41) is 9.04. The lowest BCUT2D eigenvalue weighted by Gasteiger charge is -2.41. The second-order valence-corrected chi connectivity index (χ2v) is 7.82. The highest BCUT2D eigenvalue weighted by Crippen LogP contribution is 2.27. The van der Waals surface area contributed by atoms with Gasteiger partial charge in [-0.15, -0.1) is 0 Å². The van der Waals surface area contributed by atoms with Crippen molar-refractivity contribution in [3.63, 3.8) is 0 Å². The van der Waals surface area contributed by atoms with Crippen LogP contribution in [0.3, 0.4) is 0 Å². The molecule has 5 nitrogen and oxygen atoms in total. The van der Waals surface area contributed by atoms with E-state index in [4.69, 9.17) is 5.11 Å². The molecular formula is C23H27FN2O3. The summed E-state index contributed by atoms with van der Waals surface area (Å²) >= 11 is 0. The Morgan fingerprint density at radius 3 is 2.45 bits per heavy atom. The number of amides is 1. The van der Waals surface area contributed by atoms with Gasteiger partial charge in [0.1, 0.15) is 5.82 Å². The Bertz CT molecular complexity index is 867. The monoisotopic (exact) mass is 398 g/mol. The molecule has 2 aromatic carbocycles. The number of piperidine rings is 1. The molecule has 0 saturated carbocycles. The molecule has 1 saturated heterocycles. The number of hydrogen-bond donors (Lipinski definition) is 1. The topological polar surface area (TPSA) is 60.9 Å². The molecule has 6 heteroatoms. The van der Waals surface area contributed by atoms with E-state index in [9.17, 15) is 14.0 Å². The summed E-state index contributed by atoms with van der Waals surface area (Å²) in [6.07, 6.45) is 1.47. The van der Waals surface area contributed by atoms with Crippen LogP contribution >= 0.6 is 0 Å². The number of carboxylic acid groups (broad SMARTS) is 1. The number of halogens is 1. The number of carbonyl (C=O) groups excluding carboxylic acids is 1. The van der Waals surface area contributed by atoms with Crippen LogP contribution in [-0.2, 0) is 4.79 Å². The SMILES string of the molecule is CN(C)[C@@H]1CCN(C(=O)c2ccc(-c3ccccc3F)cc2)C[C@@H]1CCC(=O)O. The minimum absolute atomic E-state index is 0.0670. The van der Waals surface area contributed by atoms with Crippen molar-refractivity contribution in [3.05, 3.63) is 59.9 Å². The second kappa shape index (κ2) is 9.18. The van der Waals surface area contributed by atoms with Gasteiger partial charge in [0, 0.05) is 36.7 Å². The Morgan fingerprint density at radius 2 is 1.83 bits per heavy atom. The number of nitrogens with zero attached hydrogens (tertiary/aromatic N) is 2. The van der Waals surface area contributed by atoms with Crippen LogP contribution in [0.15, 0.2) is 48.5 Å². The van der Waals surface area contributed by atoms with Gasteiger partial charge in [-0.05, 0) is 56.6 Å². The molecule has 1 heterocycles. The average Bonchev–Trinajstić information content (AvgIpc) is 2.72. The van der Waals surface area contributed by atoms with Crippen molar-refractivity contribution in [2.24, 2.45) is 5.92 Å². The molecule has 1 aliphatic rings. The van der Waals surface area contributed by atoms with Gasteiger partial charge in [-0.3, -0.25) is 9.59 Å². The van der Waals surface area contributed by atoms with Crippen LogP contribution < -0.4 is 0 Å². The van der Waals surface area contributed by atoms with Crippen LogP contribution in [0, 0.1) is 11.7 Å². The molecular weight excluding hydrogens is 371 g/mol. The van der Waals surface area contributed by atoms with Crippen molar-refractivity contribution in [2.45, 2.75) is 25.3 Å². The second-order valence-electron chi connectivity index (χ2n) is 7.82. The first-order valence-corrected chi connectivity index (χ1v) is 9.89. The first-order valence-electron chi connectivity index (χ1n) is 9.89. The fraction of sp³-hybridized carbons (Fsp3) is 0.391. The molecule has 0 aromatic heterocycles. The van der Waals surface area contributed by atoms with Crippen molar-refractivity contribution in [3.8, 4) is 11.1 Å². The van der Waals surface area contributed by atoms with Gasteiger partial charge in [-0.25, -0.2) is 4.39 Å². The van der Waals surface area contributed by atoms with E-state index in [1.165, 1.54) is 6.07 Å². The number of carbonyl (C=O) groups is 2. The Balaban J connectivity index is 1.72. The summed E-state index contributed by atoms with van der Waals surface area (Å²) in [6, 6.07) is 13.8. The van der Waals surface area contributed by atoms with E-state index in [0.29, 0.717) is 30.6 Å². The molecule has 0 aliphatic carbocycles. The Morgan fingerprint density at radius 1 is 1.14 bits per heavy atom. The lowest BCUT2D eigenvalue weighted by molar-refractivity contribution is -0.137. The van der Waals surface area contributed by atoms with Gasteiger partial charge in [-0.1, -0.05) is 30.3 Å². The summed E-state index contributed by atoms with van der Waals surface area (Å²) in [6.45, 7) is 1.18. The molecule has 3 rings (SSSR count). The van der Waals surface area contributed by atoms with E-state index < -0.39 is 5.97 Å². The third kappa shape index (κ3) is 5.01. The molecule has 2 atom stereocenters. The van der Waals surface area contributed by atoms with Gasteiger partial charge in [0.05, 0.1) is 0 Å². The fourth-order valence-electron chi connectivity index (χ4n) is 4.15. The Kier molecular flexibility index (Phi) is 6.64. The molecule has 1 amide bonds. The standard InChI is InChI=1S/C23H27FN2O3/c1-25(2)21-13-14-26(15-18(21)11-12-22(27)28)23(29)17-9-7-16(8-10-17)19-5-3-4-6-20(19)24/h3-10,18,21H,11-15H2,1-2H3,(H,27,28)/t18-,21+/m0/s1. The summed E-state index contributed by atoms with van der Waals surface area (Å²) in [7, 11) is 3.99. The predicted octanol–water partition coefficient (Wildman–Crippen LogP) is 3.75. The first-order chi connectivity index (χ1) is 13.9. The molecule has 0 unspecified atom stereocenters. The van der Waals surface area contributed by atoms with Crippen molar-refractivity contribution >= 4 is 11.9 Å². The maximum Gasteiger partial charge on any atom is 0.303 e. The molecule has 0 radical (unpaired) electrons. The summed E-state index contributed by atoms with van der Waals surface area (Å²) in [4.78, 5) is 27.9. The number of aliphatic carboxylic acids is 1. The number of benzene rings is 2. The third-order valence-corrected chi connectivity index (χ3v) is 5.69. The van der Waals surface area contributed by atoms with E-state index >= 15 is 0 Å². The van der Waals surface area contributed by atoms with E-state index in [1.807, 2.05) is 19.0 Å². The largest absolute Gasteiger partial charge is 0.481 e. The minimum atomic E-state index is -0.810. The summed E-state index contributed by atoms with van der Waals surface area (Å²) < 4.78 is 14.0. The number of rotatable bonds is 6. The van der Waals surface area contributed by atoms with Crippen molar-refractivity contribution in [1.29, 1.82) is 0 Å². The van der Waals surface area contributed by atoms with Gasteiger partial charge in [-0.2, -0.15) is 0 Å². The van der Waals surface area contributed by atoms with Gasteiger partial charge in [0.15, 0.2) is 0 Å². The molecule has 0 spiro atoms. The van der Waals surface area contributed by atoms with E-state index in [-0.39, 0.29) is 30.1 Å². The average molecular weight is 398 g/mol. The van der Waals surface area contributed by atoms with Gasteiger partial charge >= 0.3 is 5.97 Å². The number of likely N-dealkylation sites (tertiary alicyclic amines) is 1.